The molecule has 0 spiro atoms. The van der Waals surface area contributed by atoms with E-state index in [1.807, 2.05) is 6.08 Å². The summed E-state index contributed by atoms with van der Waals surface area (Å²) >= 11 is 0. The van der Waals surface area contributed by atoms with E-state index in [-0.39, 0.29) is 12.2 Å². The van der Waals surface area contributed by atoms with E-state index < -0.39 is 18.8 Å². The summed E-state index contributed by atoms with van der Waals surface area (Å²) in [7, 11) is 0. The molecule has 0 unspecified atom stereocenters. The molecular formula is C12H17N3O4. The maximum Gasteiger partial charge on any atom is 0.254 e. The molecule has 19 heavy (non-hydrogen) atoms. The van der Waals surface area contributed by atoms with Gasteiger partial charge in [-0.15, -0.1) is 0 Å². The van der Waals surface area contributed by atoms with Crippen molar-refractivity contribution in [3.8, 4) is 0 Å². The SMILES string of the molecule is O=c1[nH]cnc2c1CC=C2CN[C@H](CO)[C@H](O)CO. The topological polar surface area (TPSA) is 118 Å². The Labute approximate surface area is 109 Å². The summed E-state index contributed by atoms with van der Waals surface area (Å²) in [4.78, 5) is 18.2. The summed E-state index contributed by atoms with van der Waals surface area (Å²) in [5.74, 6) is 0. The molecule has 0 radical (unpaired) electrons. The third-order valence-electron chi connectivity index (χ3n) is 3.21. The number of aromatic nitrogens is 2. The average Bonchev–Trinajstić information content (AvgIpc) is 2.84. The van der Waals surface area contributed by atoms with Gasteiger partial charge in [0.25, 0.3) is 5.56 Å². The number of aliphatic hydroxyl groups excluding tert-OH is 3. The van der Waals surface area contributed by atoms with E-state index in [2.05, 4.69) is 15.3 Å². The highest BCUT2D eigenvalue weighted by Crippen LogP contribution is 2.21. The van der Waals surface area contributed by atoms with E-state index in [0.717, 1.165) is 5.57 Å². The zero-order chi connectivity index (χ0) is 13.8. The van der Waals surface area contributed by atoms with Crippen LogP contribution in [0.15, 0.2) is 17.2 Å². The predicted octanol–water partition coefficient (Wildman–Crippen LogP) is -1.99. The number of aromatic amines is 1. The lowest BCUT2D eigenvalue weighted by Crippen LogP contribution is -2.45. The van der Waals surface area contributed by atoms with Crippen LogP contribution in [0.1, 0.15) is 11.3 Å². The van der Waals surface area contributed by atoms with E-state index in [4.69, 9.17) is 10.2 Å². The van der Waals surface area contributed by atoms with Gasteiger partial charge in [-0.1, -0.05) is 6.08 Å². The number of nitrogens with zero attached hydrogens (tertiary/aromatic N) is 1. The maximum absolute atomic E-state index is 11.5. The van der Waals surface area contributed by atoms with E-state index in [1.54, 1.807) is 0 Å². The first kappa shape index (κ1) is 13.9. The van der Waals surface area contributed by atoms with E-state index in [9.17, 15) is 9.90 Å². The highest BCUT2D eigenvalue weighted by molar-refractivity contribution is 5.70. The molecule has 0 amide bonds. The lowest BCUT2D eigenvalue weighted by molar-refractivity contribution is 0.0432. The van der Waals surface area contributed by atoms with Crippen molar-refractivity contribution in [3.63, 3.8) is 0 Å². The Morgan fingerprint density at radius 1 is 1.42 bits per heavy atom. The van der Waals surface area contributed by atoms with Crippen LogP contribution < -0.4 is 10.9 Å². The Hall–Kier alpha value is -1.54. The molecule has 0 saturated heterocycles. The lowest BCUT2D eigenvalue weighted by Gasteiger charge is -2.20. The molecule has 0 aliphatic heterocycles. The van der Waals surface area contributed by atoms with Gasteiger partial charge in [0, 0.05) is 12.1 Å². The van der Waals surface area contributed by atoms with Crippen LogP contribution in [0, 0.1) is 0 Å². The quantitative estimate of drug-likeness (QED) is 0.407. The average molecular weight is 267 g/mol. The second kappa shape index (κ2) is 6.07. The molecule has 2 rings (SSSR count). The Morgan fingerprint density at radius 3 is 2.89 bits per heavy atom. The van der Waals surface area contributed by atoms with Crippen LogP contribution in [0.2, 0.25) is 0 Å². The second-order valence-electron chi connectivity index (χ2n) is 4.41. The van der Waals surface area contributed by atoms with Crippen molar-refractivity contribution >= 4 is 5.57 Å². The van der Waals surface area contributed by atoms with Gasteiger partial charge >= 0.3 is 0 Å². The molecule has 2 atom stereocenters. The minimum absolute atomic E-state index is 0.148. The van der Waals surface area contributed by atoms with Crippen LogP contribution in [-0.2, 0) is 6.42 Å². The standard InChI is InChI=1S/C12H17N3O4/c16-4-9(10(18)5-17)13-3-7-1-2-8-11(7)14-6-15-12(8)19/h1,6,9-10,13,16-18H,2-5H2,(H,14,15,19)/t9-,10-/m1/s1. The summed E-state index contributed by atoms with van der Waals surface area (Å²) in [6.07, 6.45) is 2.74. The van der Waals surface area contributed by atoms with Gasteiger partial charge in [-0.3, -0.25) is 4.79 Å². The van der Waals surface area contributed by atoms with E-state index >= 15 is 0 Å². The normalized spacial score (nSPS) is 16.9. The van der Waals surface area contributed by atoms with Gasteiger partial charge in [0.05, 0.1) is 37.4 Å². The molecule has 1 aliphatic carbocycles. The number of H-pyrrole nitrogens is 1. The van der Waals surface area contributed by atoms with Crippen LogP contribution in [0.3, 0.4) is 0 Å². The Balaban J connectivity index is 2.03. The maximum atomic E-state index is 11.5. The van der Waals surface area contributed by atoms with Crippen LogP contribution >= 0.6 is 0 Å². The molecule has 0 saturated carbocycles. The predicted molar refractivity (Wildman–Crippen MR) is 68.5 cm³/mol. The summed E-state index contributed by atoms with van der Waals surface area (Å²) in [5, 5.41) is 30.4. The van der Waals surface area contributed by atoms with Gasteiger partial charge in [0.15, 0.2) is 0 Å². The fourth-order valence-electron chi connectivity index (χ4n) is 2.06. The second-order valence-corrected chi connectivity index (χ2v) is 4.41. The van der Waals surface area contributed by atoms with Crippen molar-refractivity contribution in [2.24, 2.45) is 0 Å². The van der Waals surface area contributed by atoms with Gasteiger partial charge in [0.1, 0.15) is 0 Å². The number of hydrogen-bond acceptors (Lipinski definition) is 6. The minimum Gasteiger partial charge on any atom is -0.395 e. The number of allylic oxidation sites excluding steroid dienone is 1. The molecule has 0 fully saturated rings. The number of rotatable bonds is 6. The fourth-order valence-corrected chi connectivity index (χ4v) is 2.06. The molecule has 5 N–H and O–H groups in total. The summed E-state index contributed by atoms with van der Waals surface area (Å²) in [5.41, 5.74) is 1.98. The van der Waals surface area contributed by atoms with Gasteiger partial charge in [-0.05, 0) is 12.0 Å². The monoisotopic (exact) mass is 267 g/mol. The first-order valence-corrected chi connectivity index (χ1v) is 6.06. The van der Waals surface area contributed by atoms with Gasteiger partial charge in [-0.2, -0.15) is 0 Å². The van der Waals surface area contributed by atoms with Gasteiger partial charge in [-0.25, -0.2) is 4.98 Å². The Bertz CT molecular complexity index is 526. The van der Waals surface area contributed by atoms with Crippen molar-refractivity contribution in [2.45, 2.75) is 18.6 Å². The lowest BCUT2D eigenvalue weighted by atomic mass is 10.1. The molecule has 7 nitrogen and oxygen atoms in total. The Kier molecular flexibility index (Phi) is 4.43. The van der Waals surface area contributed by atoms with Crippen molar-refractivity contribution in [3.05, 3.63) is 34.0 Å². The van der Waals surface area contributed by atoms with Crippen LogP contribution in [0.25, 0.3) is 5.57 Å². The van der Waals surface area contributed by atoms with Gasteiger partial charge in [0.2, 0.25) is 0 Å². The molecule has 1 aromatic rings. The van der Waals surface area contributed by atoms with Crippen molar-refractivity contribution in [1.82, 2.24) is 15.3 Å². The highest BCUT2D eigenvalue weighted by Gasteiger charge is 2.21. The number of aliphatic hydroxyl groups is 3. The van der Waals surface area contributed by atoms with E-state index in [0.29, 0.717) is 24.2 Å². The number of hydrogen-bond donors (Lipinski definition) is 5. The Morgan fingerprint density at radius 2 is 2.21 bits per heavy atom. The molecule has 104 valence electrons. The van der Waals surface area contributed by atoms with Crippen molar-refractivity contribution in [2.75, 3.05) is 19.8 Å². The summed E-state index contributed by atoms with van der Waals surface area (Å²) in [6, 6.07) is -0.614. The molecule has 1 aliphatic rings. The van der Waals surface area contributed by atoms with Crippen LogP contribution in [0.5, 0.6) is 0 Å². The molecule has 1 aromatic heterocycles. The zero-order valence-corrected chi connectivity index (χ0v) is 10.3. The number of fused-ring (bicyclic) bond motifs is 1. The van der Waals surface area contributed by atoms with Gasteiger partial charge < -0.3 is 25.6 Å². The highest BCUT2D eigenvalue weighted by atomic mass is 16.3. The first-order valence-electron chi connectivity index (χ1n) is 6.06. The first-order chi connectivity index (χ1) is 9.17. The number of nitrogens with one attached hydrogen (secondary N) is 2. The summed E-state index contributed by atoms with van der Waals surface area (Å²) < 4.78 is 0. The molecular weight excluding hydrogens is 250 g/mol. The van der Waals surface area contributed by atoms with E-state index in [1.165, 1.54) is 6.33 Å². The molecule has 7 heteroatoms. The molecule has 0 aromatic carbocycles. The zero-order valence-electron chi connectivity index (χ0n) is 10.3. The minimum atomic E-state index is -1.03. The molecule has 1 heterocycles. The summed E-state index contributed by atoms with van der Waals surface area (Å²) in [6.45, 7) is -0.345. The van der Waals surface area contributed by atoms with Crippen LogP contribution in [-0.4, -0.2) is 57.2 Å². The van der Waals surface area contributed by atoms with Crippen molar-refractivity contribution < 1.29 is 15.3 Å². The fraction of sp³-hybridized carbons (Fsp3) is 0.500. The largest absolute Gasteiger partial charge is 0.395 e. The van der Waals surface area contributed by atoms with Crippen molar-refractivity contribution in [1.29, 1.82) is 0 Å². The smallest absolute Gasteiger partial charge is 0.254 e. The van der Waals surface area contributed by atoms with Crippen LogP contribution in [0.4, 0.5) is 0 Å². The third kappa shape index (κ3) is 2.90. The third-order valence-corrected chi connectivity index (χ3v) is 3.21. The molecule has 0 bridgehead atoms.